The highest BCUT2D eigenvalue weighted by atomic mass is 16.6. The van der Waals surface area contributed by atoms with Crippen LogP contribution in [0.1, 0.15) is 26.2 Å². The third-order valence-corrected chi connectivity index (χ3v) is 3.82. The van der Waals surface area contributed by atoms with Gasteiger partial charge in [0.25, 0.3) is 0 Å². The first kappa shape index (κ1) is 15.0. The number of allylic oxidation sites excluding steroid dienone is 1. The summed E-state index contributed by atoms with van der Waals surface area (Å²) in [7, 11) is 0. The lowest BCUT2D eigenvalue weighted by Gasteiger charge is -2.31. The molecular weight excluding hydrogens is 262 g/mol. The minimum atomic E-state index is -0.893. The molecule has 0 heterocycles. The minimum absolute atomic E-state index is 0.0403. The molecule has 3 unspecified atom stereocenters. The molecule has 6 nitrogen and oxygen atoms in total. The number of aliphatic hydroxyl groups excluding tert-OH is 2. The quantitative estimate of drug-likeness (QED) is 0.310. The Hall–Kier alpha value is -1.37. The van der Waals surface area contributed by atoms with Crippen molar-refractivity contribution in [3.63, 3.8) is 0 Å². The number of hydrogen-bond donors (Lipinski definition) is 4. The number of hydroxylamine groups is 1. The summed E-state index contributed by atoms with van der Waals surface area (Å²) >= 11 is 0. The number of fused-ring (bicyclic) bond motifs is 1. The summed E-state index contributed by atoms with van der Waals surface area (Å²) in [6.45, 7) is 1.79. The van der Waals surface area contributed by atoms with E-state index in [-0.39, 0.29) is 18.9 Å². The molecule has 1 saturated carbocycles. The third kappa shape index (κ3) is 3.39. The number of aliphatic carboxylic acids is 1. The highest BCUT2D eigenvalue weighted by Gasteiger charge is 2.44. The highest BCUT2D eigenvalue weighted by molar-refractivity contribution is 5.66. The van der Waals surface area contributed by atoms with E-state index in [9.17, 15) is 15.0 Å². The maximum Gasteiger partial charge on any atom is 0.305 e. The van der Waals surface area contributed by atoms with E-state index >= 15 is 0 Å². The molecule has 1 fully saturated rings. The molecule has 0 aromatic heterocycles. The fraction of sp³-hybridized carbons (Fsp3) is 0.643. The van der Waals surface area contributed by atoms with Gasteiger partial charge < -0.3 is 15.3 Å². The Morgan fingerprint density at radius 3 is 2.95 bits per heavy atom. The van der Waals surface area contributed by atoms with Crippen molar-refractivity contribution in [1.82, 2.24) is 5.48 Å². The molecule has 0 radical (unpaired) electrons. The Morgan fingerprint density at radius 1 is 1.55 bits per heavy atom. The van der Waals surface area contributed by atoms with E-state index < -0.39 is 18.2 Å². The molecule has 2 rings (SSSR count). The molecule has 0 bridgehead atoms. The van der Waals surface area contributed by atoms with Gasteiger partial charge in [0.1, 0.15) is 0 Å². The van der Waals surface area contributed by atoms with E-state index in [4.69, 9.17) is 9.94 Å². The number of carbonyl (C=O) groups is 1. The third-order valence-electron chi connectivity index (χ3n) is 3.82. The zero-order valence-electron chi connectivity index (χ0n) is 11.5. The van der Waals surface area contributed by atoms with E-state index in [0.717, 1.165) is 17.7 Å². The van der Waals surface area contributed by atoms with Crippen molar-refractivity contribution in [2.24, 2.45) is 11.8 Å². The first-order valence-electron chi connectivity index (χ1n) is 6.85. The second kappa shape index (κ2) is 6.39. The Labute approximate surface area is 117 Å². The van der Waals surface area contributed by atoms with Gasteiger partial charge in [0, 0.05) is 11.6 Å². The smallest absolute Gasteiger partial charge is 0.305 e. The van der Waals surface area contributed by atoms with E-state index in [1.54, 1.807) is 13.0 Å². The van der Waals surface area contributed by atoms with E-state index in [1.165, 1.54) is 0 Å². The van der Waals surface area contributed by atoms with Crippen molar-refractivity contribution in [2.45, 2.75) is 38.4 Å². The average molecular weight is 283 g/mol. The second-order valence-corrected chi connectivity index (χ2v) is 5.38. The van der Waals surface area contributed by atoms with Crippen molar-refractivity contribution in [2.75, 3.05) is 6.61 Å². The van der Waals surface area contributed by atoms with Crippen LogP contribution in [0.4, 0.5) is 0 Å². The van der Waals surface area contributed by atoms with Gasteiger partial charge in [-0.05, 0) is 31.3 Å². The monoisotopic (exact) mass is 283 g/mol. The Morgan fingerprint density at radius 2 is 2.30 bits per heavy atom. The van der Waals surface area contributed by atoms with E-state index in [1.807, 2.05) is 6.08 Å². The van der Waals surface area contributed by atoms with E-state index in [0.29, 0.717) is 12.3 Å². The lowest BCUT2D eigenvalue weighted by atomic mass is 9.79. The summed E-state index contributed by atoms with van der Waals surface area (Å²) < 4.78 is 0. The van der Waals surface area contributed by atoms with Crippen molar-refractivity contribution < 1.29 is 25.0 Å². The number of nitrogens with one attached hydrogen (secondary N) is 1. The molecule has 0 aliphatic heterocycles. The summed E-state index contributed by atoms with van der Waals surface area (Å²) in [5.74, 6) is -0.551. The molecule has 2 aliphatic carbocycles. The van der Waals surface area contributed by atoms with Crippen molar-refractivity contribution in [3.05, 3.63) is 23.4 Å². The molecule has 0 spiro atoms. The average Bonchev–Trinajstić information content (AvgIpc) is 2.59. The fourth-order valence-electron chi connectivity index (χ4n) is 2.77. The molecule has 6 heteroatoms. The van der Waals surface area contributed by atoms with Gasteiger partial charge in [-0.15, -0.1) is 0 Å². The van der Waals surface area contributed by atoms with Crippen LogP contribution in [0.15, 0.2) is 23.4 Å². The van der Waals surface area contributed by atoms with E-state index in [2.05, 4.69) is 5.48 Å². The number of hydrogen-bond acceptors (Lipinski definition) is 5. The second-order valence-electron chi connectivity index (χ2n) is 5.38. The van der Waals surface area contributed by atoms with Crippen molar-refractivity contribution in [3.8, 4) is 0 Å². The van der Waals surface area contributed by atoms with Gasteiger partial charge in [0.05, 0.1) is 25.2 Å². The Bertz CT molecular complexity index is 429. The van der Waals surface area contributed by atoms with Crippen LogP contribution in [-0.4, -0.2) is 40.1 Å². The van der Waals surface area contributed by atoms with Crippen LogP contribution in [0.25, 0.3) is 0 Å². The Kier molecular flexibility index (Phi) is 4.80. The summed E-state index contributed by atoms with van der Waals surface area (Å²) in [5.41, 5.74) is 4.88. The zero-order valence-corrected chi connectivity index (χ0v) is 11.5. The standard InChI is InChI=1S/C14H21NO5/c1-8(16)2-3-9-10-6-12(11(10)7-13(9)17)15-20-5-4-14(18)19/h2-3,8-10,13,15-17H,4-7H2,1H3,(H,18,19)/t8?,9?,10-,13?/m0/s1. The summed E-state index contributed by atoms with van der Waals surface area (Å²) in [6, 6.07) is 0. The number of aliphatic hydroxyl groups is 2. The van der Waals surface area contributed by atoms with Crippen LogP contribution in [0.3, 0.4) is 0 Å². The predicted molar refractivity (Wildman–Crippen MR) is 71.4 cm³/mol. The van der Waals surface area contributed by atoms with Crippen LogP contribution in [0, 0.1) is 11.8 Å². The molecule has 0 saturated heterocycles. The number of rotatable bonds is 7. The minimum Gasteiger partial charge on any atom is -0.481 e. The topological polar surface area (TPSA) is 99.0 Å². The predicted octanol–water partition coefficient (Wildman–Crippen LogP) is 0.574. The van der Waals surface area contributed by atoms with Crippen molar-refractivity contribution >= 4 is 5.97 Å². The van der Waals surface area contributed by atoms with Crippen LogP contribution < -0.4 is 5.48 Å². The SMILES string of the molecule is CC(O)C=CC1C(O)CC2=C(NOCCC(=O)O)C[C@H]21. The molecule has 4 N–H and O–H groups in total. The highest BCUT2D eigenvalue weighted by Crippen LogP contribution is 2.49. The lowest BCUT2D eigenvalue weighted by Crippen LogP contribution is -2.30. The largest absolute Gasteiger partial charge is 0.481 e. The van der Waals surface area contributed by atoms with Gasteiger partial charge in [-0.3, -0.25) is 15.1 Å². The van der Waals surface area contributed by atoms with Crippen LogP contribution in [-0.2, 0) is 9.63 Å². The molecule has 0 amide bonds. The lowest BCUT2D eigenvalue weighted by molar-refractivity contribution is -0.138. The van der Waals surface area contributed by atoms with Gasteiger partial charge in [0.15, 0.2) is 0 Å². The van der Waals surface area contributed by atoms with Crippen LogP contribution in [0.2, 0.25) is 0 Å². The summed E-state index contributed by atoms with van der Waals surface area (Å²) in [5, 5.41) is 27.8. The van der Waals surface area contributed by atoms with Gasteiger partial charge in [-0.25, -0.2) is 0 Å². The summed E-state index contributed by atoms with van der Waals surface area (Å²) in [6.07, 6.45) is 4.00. The van der Waals surface area contributed by atoms with Gasteiger partial charge in [-0.2, -0.15) is 0 Å². The molecular formula is C14H21NO5. The molecule has 4 atom stereocenters. The molecule has 20 heavy (non-hydrogen) atoms. The van der Waals surface area contributed by atoms with Crippen LogP contribution in [0.5, 0.6) is 0 Å². The first-order chi connectivity index (χ1) is 9.49. The van der Waals surface area contributed by atoms with Gasteiger partial charge >= 0.3 is 5.97 Å². The molecule has 2 aliphatic rings. The Balaban J connectivity index is 1.85. The fourth-order valence-corrected chi connectivity index (χ4v) is 2.77. The normalized spacial score (nSPS) is 30.2. The molecule has 0 aromatic carbocycles. The zero-order chi connectivity index (χ0) is 14.7. The van der Waals surface area contributed by atoms with Crippen LogP contribution >= 0.6 is 0 Å². The summed E-state index contributed by atoms with van der Waals surface area (Å²) in [4.78, 5) is 15.4. The van der Waals surface area contributed by atoms with Gasteiger partial charge in [-0.1, -0.05) is 12.2 Å². The van der Waals surface area contributed by atoms with Crippen molar-refractivity contribution in [1.29, 1.82) is 0 Å². The maximum atomic E-state index is 10.3. The first-order valence-corrected chi connectivity index (χ1v) is 6.85. The van der Waals surface area contributed by atoms with Gasteiger partial charge in [0.2, 0.25) is 0 Å². The molecule has 0 aromatic rings. The number of carboxylic acids is 1. The molecule has 112 valence electrons. The maximum absolute atomic E-state index is 10.3. The number of carboxylic acid groups (broad SMARTS) is 1.